The Hall–Kier alpha value is 0.320. The summed E-state index contributed by atoms with van der Waals surface area (Å²) in [6.07, 6.45) is 1.92. The molecule has 0 aliphatic heterocycles. The largest absolute Gasteiger partial charge is 0.122 e. The van der Waals surface area contributed by atoms with Crippen LogP contribution in [0, 0.1) is 0 Å². The lowest BCUT2D eigenvalue weighted by Crippen LogP contribution is -1.91. The van der Waals surface area contributed by atoms with Crippen molar-refractivity contribution in [2.24, 2.45) is 0 Å². The Kier molecular flexibility index (Phi) is 4.39. The standard InChI is InChI=1S/C6H10Cl2/c1-5(3-4-7)6(2)8/h3,6H,4H2,1-2H3/b5-3+. The molecule has 0 nitrogen and oxygen atoms in total. The van der Waals surface area contributed by atoms with Gasteiger partial charge in [0, 0.05) is 5.88 Å². The molecular formula is C6H10Cl2. The average molecular weight is 153 g/mol. The summed E-state index contributed by atoms with van der Waals surface area (Å²) in [5, 5.41) is 0.119. The first-order valence-electron chi connectivity index (χ1n) is 2.55. The third-order valence-corrected chi connectivity index (χ3v) is 1.53. The molecule has 0 fully saturated rings. The van der Waals surface area contributed by atoms with E-state index in [1.165, 1.54) is 0 Å². The van der Waals surface area contributed by atoms with Gasteiger partial charge in [-0.2, -0.15) is 0 Å². The van der Waals surface area contributed by atoms with Crippen molar-refractivity contribution in [3.05, 3.63) is 11.6 Å². The van der Waals surface area contributed by atoms with Crippen LogP contribution in [0.15, 0.2) is 11.6 Å². The molecule has 1 atom stereocenters. The number of rotatable bonds is 2. The molecule has 0 aliphatic carbocycles. The first-order valence-corrected chi connectivity index (χ1v) is 3.52. The van der Waals surface area contributed by atoms with Gasteiger partial charge in [0.05, 0.1) is 5.38 Å². The van der Waals surface area contributed by atoms with Crippen LogP contribution in [0.3, 0.4) is 0 Å². The smallest absolute Gasteiger partial charge is 0.0514 e. The molecule has 0 bridgehead atoms. The molecule has 0 radical (unpaired) electrons. The maximum atomic E-state index is 5.68. The number of hydrogen-bond donors (Lipinski definition) is 0. The van der Waals surface area contributed by atoms with Crippen molar-refractivity contribution in [2.75, 3.05) is 5.88 Å². The lowest BCUT2D eigenvalue weighted by molar-refractivity contribution is 1.10. The van der Waals surface area contributed by atoms with Crippen LogP contribution in [0.1, 0.15) is 13.8 Å². The summed E-state index contributed by atoms with van der Waals surface area (Å²) in [5.74, 6) is 0.558. The SMILES string of the molecule is C/C(=C\CCl)C(C)Cl. The van der Waals surface area contributed by atoms with Gasteiger partial charge in [-0.3, -0.25) is 0 Å². The number of alkyl halides is 2. The van der Waals surface area contributed by atoms with Crippen molar-refractivity contribution in [1.82, 2.24) is 0 Å². The molecule has 2 heteroatoms. The molecular weight excluding hydrogens is 143 g/mol. The van der Waals surface area contributed by atoms with E-state index in [2.05, 4.69) is 0 Å². The van der Waals surface area contributed by atoms with E-state index in [1.54, 1.807) is 0 Å². The Bertz CT molecular complexity index is 84.5. The minimum atomic E-state index is 0.119. The van der Waals surface area contributed by atoms with E-state index in [-0.39, 0.29) is 5.38 Å². The monoisotopic (exact) mass is 152 g/mol. The zero-order valence-electron chi connectivity index (χ0n) is 5.12. The molecule has 1 unspecified atom stereocenters. The van der Waals surface area contributed by atoms with Crippen molar-refractivity contribution in [3.8, 4) is 0 Å². The van der Waals surface area contributed by atoms with E-state index < -0.39 is 0 Å². The normalized spacial score (nSPS) is 16.2. The van der Waals surface area contributed by atoms with Gasteiger partial charge in [0.2, 0.25) is 0 Å². The predicted molar refractivity (Wildman–Crippen MR) is 39.8 cm³/mol. The molecule has 0 spiro atoms. The van der Waals surface area contributed by atoms with E-state index in [0.717, 1.165) is 5.57 Å². The van der Waals surface area contributed by atoms with Crippen LogP contribution >= 0.6 is 23.2 Å². The van der Waals surface area contributed by atoms with Crippen molar-refractivity contribution >= 4 is 23.2 Å². The van der Waals surface area contributed by atoms with Crippen molar-refractivity contribution in [3.63, 3.8) is 0 Å². The zero-order chi connectivity index (χ0) is 6.57. The first kappa shape index (κ1) is 8.32. The Balaban J connectivity index is 3.61. The third kappa shape index (κ3) is 3.34. The number of hydrogen-bond acceptors (Lipinski definition) is 0. The Morgan fingerprint density at radius 1 is 1.75 bits per heavy atom. The van der Waals surface area contributed by atoms with E-state index in [9.17, 15) is 0 Å². The van der Waals surface area contributed by atoms with Crippen LogP contribution in [0.2, 0.25) is 0 Å². The van der Waals surface area contributed by atoms with Crippen LogP contribution in [0.25, 0.3) is 0 Å². The second-order valence-electron chi connectivity index (χ2n) is 1.72. The van der Waals surface area contributed by atoms with Gasteiger partial charge in [0.15, 0.2) is 0 Å². The van der Waals surface area contributed by atoms with Gasteiger partial charge < -0.3 is 0 Å². The topological polar surface area (TPSA) is 0 Å². The van der Waals surface area contributed by atoms with E-state index >= 15 is 0 Å². The highest BCUT2D eigenvalue weighted by molar-refractivity contribution is 6.22. The van der Waals surface area contributed by atoms with Gasteiger partial charge in [-0.15, -0.1) is 23.2 Å². The molecule has 0 aromatic carbocycles. The van der Waals surface area contributed by atoms with Crippen molar-refractivity contribution < 1.29 is 0 Å². The fourth-order valence-electron chi connectivity index (χ4n) is 0.284. The molecule has 0 heterocycles. The maximum absolute atomic E-state index is 5.68. The van der Waals surface area contributed by atoms with Crippen molar-refractivity contribution in [2.45, 2.75) is 19.2 Å². The quantitative estimate of drug-likeness (QED) is 0.422. The lowest BCUT2D eigenvalue weighted by Gasteiger charge is -1.99. The van der Waals surface area contributed by atoms with Crippen LogP contribution in [-0.4, -0.2) is 11.3 Å². The Labute approximate surface area is 60.5 Å². The van der Waals surface area contributed by atoms with Gasteiger partial charge in [-0.05, 0) is 13.8 Å². The fourth-order valence-corrected chi connectivity index (χ4v) is 0.617. The van der Waals surface area contributed by atoms with Gasteiger partial charge in [0.1, 0.15) is 0 Å². The third-order valence-electron chi connectivity index (χ3n) is 1.03. The maximum Gasteiger partial charge on any atom is 0.0514 e. The number of halogens is 2. The van der Waals surface area contributed by atoms with Crippen LogP contribution in [0.5, 0.6) is 0 Å². The second-order valence-corrected chi connectivity index (χ2v) is 2.68. The summed E-state index contributed by atoms with van der Waals surface area (Å²) in [5.41, 5.74) is 1.14. The van der Waals surface area contributed by atoms with E-state index in [1.807, 2.05) is 19.9 Å². The van der Waals surface area contributed by atoms with Crippen LogP contribution in [-0.2, 0) is 0 Å². The molecule has 0 amide bonds. The number of allylic oxidation sites excluding steroid dienone is 2. The summed E-state index contributed by atoms with van der Waals surface area (Å²) in [6.45, 7) is 3.90. The van der Waals surface area contributed by atoms with Gasteiger partial charge in [-0.25, -0.2) is 0 Å². The average Bonchev–Trinajstić information content (AvgIpc) is 1.67. The molecule has 0 saturated heterocycles. The molecule has 0 rings (SSSR count). The summed E-state index contributed by atoms with van der Waals surface area (Å²) < 4.78 is 0. The van der Waals surface area contributed by atoms with Gasteiger partial charge in [-0.1, -0.05) is 11.6 Å². The lowest BCUT2D eigenvalue weighted by atomic mass is 10.2. The predicted octanol–water partition coefficient (Wildman–Crippen LogP) is 2.80. The van der Waals surface area contributed by atoms with Gasteiger partial charge >= 0.3 is 0 Å². The Morgan fingerprint density at radius 3 is 2.38 bits per heavy atom. The summed E-state index contributed by atoms with van der Waals surface area (Å²) in [4.78, 5) is 0. The molecule has 0 N–H and O–H groups in total. The highest BCUT2D eigenvalue weighted by Crippen LogP contribution is 2.06. The van der Waals surface area contributed by atoms with E-state index in [4.69, 9.17) is 23.2 Å². The van der Waals surface area contributed by atoms with Crippen LogP contribution in [0.4, 0.5) is 0 Å². The minimum Gasteiger partial charge on any atom is -0.122 e. The van der Waals surface area contributed by atoms with Crippen molar-refractivity contribution in [1.29, 1.82) is 0 Å². The highest BCUT2D eigenvalue weighted by atomic mass is 35.5. The Morgan fingerprint density at radius 2 is 2.25 bits per heavy atom. The summed E-state index contributed by atoms with van der Waals surface area (Å²) in [6, 6.07) is 0. The molecule has 8 heavy (non-hydrogen) atoms. The molecule has 48 valence electrons. The zero-order valence-corrected chi connectivity index (χ0v) is 6.63. The van der Waals surface area contributed by atoms with E-state index in [0.29, 0.717) is 5.88 Å². The summed E-state index contributed by atoms with van der Waals surface area (Å²) >= 11 is 11.1. The second kappa shape index (κ2) is 4.22. The first-order chi connectivity index (χ1) is 3.68. The van der Waals surface area contributed by atoms with Gasteiger partial charge in [0.25, 0.3) is 0 Å². The molecule has 0 saturated carbocycles. The minimum absolute atomic E-state index is 0.119. The highest BCUT2D eigenvalue weighted by Gasteiger charge is 1.94. The molecule has 0 aromatic rings. The summed E-state index contributed by atoms with van der Waals surface area (Å²) in [7, 11) is 0. The molecule has 0 aliphatic rings. The fraction of sp³-hybridized carbons (Fsp3) is 0.667. The molecule has 0 aromatic heterocycles. The van der Waals surface area contributed by atoms with Crippen LogP contribution < -0.4 is 0 Å².